The molecule has 1 aliphatic heterocycles. The summed E-state index contributed by atoms with van der Waals surface area (Å²) in [5.74, 6) is -0.999. The number of para-hydroxylation sites is 1. The van der Waals surface area contributed by atoms with Gasteiger partial charge in [0.05, 0.1) is 30.3 Å². The van der Waals surface area contributed by atoms with Gasteiger partial charge in [-0.25, -0.2) is 0 Å². The molecular formula is C33H35N3O4. The number of unbranched alkanes of at least 4 members (excludes halogenated alkanes) is 3. The lowest BCUT2D eigenvalue weighted by Gasteiger charge is -2.35. The molecule has 206 valence electrons. The predicted octanol–water partition coefficient (Wildman–Crippen LogP) is 6.52. The Morgan fingerprint density at radius 1 is 0.975 bits per heavy atom. The van der Waals surface area contributed by atoms with E-state index >= 15 is 0 Å². The molecule has 0 spiro atoms. The van der Waals surface area contributed by atoms with Crippen molar-refractivity contribution in [3.8, 4) is 6.07 Å². The zero-order valence-electron chi connectivity index (χ0n) is 23.1. The molecule has 0 N–H and O–H groups in total. The minimum atomic E-state index is -0.944. The van der Waals surface area contributed by atoms with Crippen molar-refractivity contribution in [1.29, 1.82) is 5.26 Å². The lowest BCUT2D eigenvalue weighted by molar-refractivity contribution is -0.144. The highest BCUT2D eigenvalue weighted by Gasteiger charge is 2.43. The number of hydrogen-bond acceptors (Lipinski definition) is 5. The minimum Gasteiger partial charge on any atom is -0.466 e. The fourth-order valence-corrected chi connectivity index (χ4v) is 5.23. The lowest BCUT2D eigenvalue weighted by Crippen LogP contribution is -2.46. The molecule has 0 saturated carbocycles. The fraction of sp³-hybridized carbons (Fsp3) is 0.333. The second-order valence-electron chi connectivity index (χ2n) is 9.96. The Hall–Kier alpha value is -4.44. The molecule has 0 fully saturated rings. The van der Waals surface area contributed by atoms with Crippen LogP contribution in [0.15, 0.2) is 78.9 Å². The van der Waals surface area contributed by atoms with Gasteiger partial charge in [-0.15, -0.1) is 0 Å². The quantitative estimate of drug-likeness (QED) is 0.205. The van der Waals surface area contributed by atoms with E-state index in [0.717, 1.165) is 31.2 Å². The van der Waals surface area contributed by atoms with E-state index in [4.69, 9.17) is 10.00 Å². The largest absolute Gasteiger partial charge is 0.466 e. The van der Waals surface area contributed by atoms with Gasteiger partial charge in [-0.05, 0) is 68.5 Å². The Balaban J connectivity index is 1.83. The molecule has 0 saturated heterocycles. The second kappa shape index (κ2) is 13.6. The zero-order chi connectivity index (χ0) is 28.5. The van der Waals surface area contributed by atoms with Crippen LogP contribution < -0.4 is 4.90 Å². The summed E-state index contributed by atoms with van der Waals surface area (Å²) in [7, 11) is 0. The number of anilines is 2. The number of hydrogen-bond donors (Lipinski definition) is 0. The molecule has 4 rings (SSSR count). The van der Waals surface area contributed by atoms with Crippen molar-refractivity contribution in [3.05, 3.63) is 95.6 Å². The van der Waals surface area contributed by atoms with Crippen LogP contribution in [0.1, 0.15) is 73.5 Å². The highest BCUT2D eigenvalue weighted by Crippen LogP contribution is 2.40. The highest BCUT2D eigenvalue weighted by atomic mass is 16.5. The third-order valence-electron chi connectivity index (χ3n) is 7.13. The van der Waals surface area contributed by atoms with Crippen molar-refractivity contribution in [1.82, 2.24) is 4.90 Å². The maximum Gasteiger partial charge on any atom is 0.307 e. The first-order chi connectivity index (χ1) is 19.5. The first-order valence-corrected chi connectivity index (χ1v) is 13.9. The smallest absolute Gasteiger partial charge is 0.307 e. The molecule has 2 amide bonds. The van der Waals surface area contributed by atoms with E-state index < -0.39 is 18.1 Å². The number of ether oxygens (including phenoxy) is 1. The number of nitrogens with zero attached hydrogens (tertiary/aromatic N) is 3. The van der Waals surface area contributed by atoms with E-state index in [0.29, 0.717) is 28.9 Å². The molecule has 3 aromatic carbocycles. The van der Waals surface area contributed by atoms with Gasteiger partial charge in [0.25, 0.3) is 11.8 Å². The Kier molecular flexibility index (Phi) is 9.69. The van der Waals surface area contributed by atoms with Gasteiger partial charge < -0.3 is 9.64 Å². The van der Waals surface area contributed by atoms with Crippen molar-refractivity contribution in [2.75, 3.05) is 11.5 Å². The molecule has 0 aromatic heterocycles. The van der Waals surface area contributed by atoms with Crippen LogP contribution in [0.2, 0.25) is 0 Å². The van der Waals surface area contributed by atoms with Crippen LogP contribution >= 0.6 is 0 Å². The summed E-state index contributed by atoms with van der Waals surface area (Å²) in [5.41, 5.74) is 3.25. The average Bonchev–Trinajstić information content (AvgIpc) is 3.06. The van der Waals surface area contributed by atoms with Gasteiger partial charge in [0.1, 0.15) is 6.04 Å². The molecule has 2 unspecified atom stereocenters. The van der Waals surface area contributed by atoms with Crippen LogP contribution in [0.4, 0.5) is 11.4 Å². The van der Waals surface area contributed by atoms with Crippen molar-refractivity contribution in [3.63, 3.8) is 0 Å². The number of fused-ring (bicyclic) bond motifs is 1. The van der Waals surface area contributed by atoms with E-state index in [1.807, 2.05) is 78.9 Å². The maximum atomic E-state index is 14.5. The first kappa shape index (κ1) is 28.6. The standard InChI is InChI=1S/C33H35N3O4/c1-3-40-30(37)22-24(2)35-31(26-15-9-6-10-16-26)33(39)36(27-17-11-7-12-18-27)29-20-19-25(23-28(29)32(35)38)14-8-4-5-13-21-34/h6-7,9-12,15-20,23-24,31H,3-5,8,13-14,22H2,1-2H3. The summed E-state index contributed by atoms with van der Waals surface area (Å²) in [6.07, 6.45) is 3.92. The van der Waals surface area contributed by atoms with Crippen molar-refractivity contribution < 1.29 is 19.1 Å². The Morgan fingerprint density at radius 3 is 2.35 bits per heavy atom. The molecule has 40 heavy (non-hydrogen) atoms. The van der Waals surface area contributed by atoms with Crippen molar-refractivity contribution >= 4 is 29.2 Å². The Bertz CT molecular complexity index is 1370. The van der Waals surface area contributed by atoms with Gasteiger partial charge in [0.15, 0.2) is 0 Å². The molecule has 0 radical (unpaired) electrons. The summed E-state index contributed by atoms with van der Waals surface area (Å²) in [6.45, 7) is 3.77. The van der Waals surface area contributed by atoms with Crippen LogP contribution in [0.5, 0.6) is 0 Å². The fourth-order valence-electron chi connectivity index (χ4n) is 5.23. The Labute approximate surface area is 236 Å². The third-order valence-corrected chi connectivity index (χ3v) is 7.13. The lowest BCUT2D eigenvalue weighted by atomic mass is 9.99. The summed E-state index contributed by atoms with van der Waals surface area (Å²) in [5, 5.41) is 8.82. The normalized spacial score (nSPS) is 15.7. The Morgan fingerprint density at radius 2 is 1.68 bits per heavy atom. The molecule has 3 aromatic rings. The molecule has 0 aliphatic carbocycles. The summed E-state index contributed by atoms with van der Waals surface area (Å²) in [4.78, 5) is 44.7. The van der Waals surface area contributed by atoms with E-state index in [2.05, 4.69) is 6.07 Å². The molecule has 0 bridgehead atoms. The van der Waals surface area contributed by atoms with Crippen molar-refractivity contribution in [2.24, 2.45) is 0 Å². The van der Waals surface area contributed by atoms with E-state index in [9.17, 15) is 14.4 Å². The number of rotatable bonds is 11. The van der Waals surface area contributed by atoms with Gasteiger partial charge in [0.2, 0.25) is 0 Å². The van der Waals surface area contributed by atoms with Crippen molar-refractivity contribution in [2.45, 2.75) is 64.5 Å². The van der Waals surface area contributed by atoms with E-state index in [1.54, 1.807) is 23.6 Å². The molecule has 7 heteroatoms. The van der Waals surface area contributed by atoms with E-state index in [1.165, 1.54) is 0 Å². The van der Waals surface area contributed by atoms with Gasteiger partial charge in [0, 0.05) is 18.2 Å². The number of benzene rings is 3. The molecular weight excluding hydrogens is 502 g/mol. The number of carbonyl (C=O) groups excluding carboxylic acids is 3. The number of carbonyl (C=O) groups is 3. The highest BCUT2D eigenvalue weighted by molar-refractivity contribution is 6.14. The summed E-state index contributed by atoms with van der Waals surface area (Å²) in [6, 6.07) is 24.9. The topological polar surface area (TPSA) is 90.7 Å². The zero-order valence-corrected chi connectivity index (χ0v) is 23.1. The monoisotopic (exact) mass is 537 g/mol. The van der Waals surface area contributed by atoms with Gasteiger partial charge >= 0.3 is 5.97 Å². The predicted molar refractivity (Wildman–Crippen MR) is 154 cm³/mol. The first-order valence-electron chi connectivity index (χ1n) is 13.9. The second-order valence-corrected chi connectivity index (χ2v) is 9.96. The minimum absolute atomic E-state index is 0.0323. The van der Waals surface area contributed by atoms with Gasteiger partial charge in [-0.1, -0.05) is 61.0 Å². The van der Waals surface area contributed by atoms with Crippen LogP contribution in [-0.2, 0) is 20.7 Å². The summed E-state index contributed by atoms with van der Waals surface area (Å²) < 4.78 is 5.20. The molecule has 1 heterocycles. The SMILES string of the molecule is CCOC(=O)CC(C)N1C(=O)c2cc(CCCCCC#N)ccc2N(c2ccccc2)C(=O)C1c1ccccc1. The number of aryl methyl sites for hydroxylation is 1. The van der Waals surface area contributed by atoms with E-state index in [-0.39, 0.29) is 24.8 Å². The number of esters is 1. The molecule has 7 nitrogen and oxygen atoms in total. The number of amides is 2. The maximum absolute atomic E-state index is 14.5. The number of nitriles is 1. The van der Waals surface area contributed by atoms with Crippen LogP contribution in [0.3, 0.4) is 0 Å². The molecule has 2 atom stereocenters. The summed E-state index contributed by atoms with van der Waals surface area (Å²) >= 11 is 0. The van der Waals surface area contributed by atoms with Crippen LogP contribution in [0, 0.1) is 11.3 Å². The molecule has 1 aliphatic rings. The van der Waals surface area contributed by atoms with Gasteiger partial charge in [-0.3, -0.25) is 19.3 Å². The third kappa shape index (κ3) is 6.40. The average molecular weight is 538 g/mol. The van der Waals surface area contributed by atoms with Gasteiger partial charge in [-0.2, -0.15) is 5.26 Å². The van der Waals surface area contributed by atoms with Crippen LogP contribution in [-0.4, -0.2) is 35.3 Å². The van der Waals surface area contributed by atoms with Crippen LogP contribution in [0.25, 0.3) is 0 Å².